The summed E-state index contributed by atoms with van der Waals surface area (Å²) in [7, 11) is 1.98. The molecule has 5 nitrogen and oxygen atoms in total. The first-order valence-electron chi connectivity index (χ1n) is 6.11. The Kier molecular flexibility index (Phi) is 4.53. The van der Waals surface area contributed by atoms with Crippen LogP contribution in [0.2, 0.25) is 0 Å². The molecule has 0 amide bonds. The van der Waals surface area contributed by atoms with Crippen LogP contribution in [0.15, 0.2) is 11.2 Å². The van der Waals surface area contributed by atoms with E-state index in [2.05, 4.69) is 28.9 Å². The fraction of sp³-hybridized carbons (Fsp3) is 0.538. The highest BCUT2D eigenvalue weighted by Gasteiger charge is 2.19. The molecule has 1 aromatic heterocycles. The number of aromatic nitrogens is 1. The molecular weight excluding hydrogens is 228 g/mol. The van der Waals surface area contributed by atoms with Crippen LogP contribution in [0.4, 0.5) is 5.82 Å². The molecule has 0 saturated heterocycles. The van der Waals surface area contributed by atoms with Crippen LogP contribution in [0.5, 0.6) is 0 Å². The quantitative estimate of drug-likeness (QED) is 0.371. The third kappa shape index (κ3) is 2.72. The summed E-state index contributed by atoms with van der Waals surface area (Å²) in [5.74, 6) is 0.863. The van der Waals surface area contributed by atoms with Crippen molar-refractivity contribution in [1.29, 1.82) is 0 Å². The summed E-state index contributed by atoms with van der Waals surface area (Å²) in [6, 6.07) is 2.27. The molecular formula is C13H22N4O. The van der Waals surface area contributed by atoms with Gasteiger partial charge >= 0.3 is 0 Å². The van der Waals surface area contributed by atoms with E-state index in [0.29, 0.717) is 11.6 Å². The van der Waals surface area contributed by atoms with E-state index in [1.807, 2.05) is 27.0 Å². The number of amidine groups is 1. The number of aryl methyl sites for hydroxylation is 2. The Hall–Kier alpha value is -1.78. The number of nitrogens with two attached hydrogens (primary N) is 1. The van der Waals surface area contributed by atoms with E-state index >= 15 is 0 Å². The van der Waals surface area contributed by atoms with E-state index in [9.17, 15) is 0 Å². The molecule has 3 N–H and O–H groups in total. The number of nitrogens with zero attached hydrogens (tertiary/aromatic N) is 3. The van der Waals surface area contributed by atoms with Gasteiger partial charge in [-0.05, 0) is 38.8 Å². The molecule has 1 atom stereocenters. The predicted octanol–water partition coefficient (Wildman–Crippen LogP) is 2.03. The van der Waals surface area contributed by atoms with Crippen LogP contribution < -0.4 is 10.6 Å². The summed E-state index contributed by atoms with van der Waals surface area (Å²) in [6.45, 7) is 8.12. The standard InChI is InChI=1S/C13H22N4O/c1-6-10(4)17(5)13-11(12(14)16-18)8(2)7-9(3)15-13/h7,10,18H,6H2,1-5H3,(H2,14,16). The van der Waals surface area contributed by atoms with Crippen LogP contribution in [-0.2, 0) is 0 Å². The Bertz CT molecular complexity index is 457. The van der Waals surface area contributed by atoms with Crippen molar-refractivity contribution in [1.82, 2.24) is 4.98 Å². The lowest BCUT2D eigenvalue weighted by Gasteiger charge is -2.27. The van der Waals surface area contributed by atoms with Crippen LogP contribution in [0, 0.1) is 13.8 Å². The number of anilines is 1. The van der Waals surface area contributed by atoms with E-state index in [1.165, 1.54) is 0 Å². The molecule has 100 valence electrons. The van der Waals surface area contributed by atoms with Gasteiger partial charge in [0.15, 0.2) is 5.84 Å². The SMILES string of the molecule is CCC(C)N(C)c1nc(C)cc(C)c1/C(N)=N/O. The molecule has 0 saturated carbocycles. The van der Waals surface area contributed by atoms with Crippen LogP contribution in [-0.4, -0.2) is 29.1 Å². The van der Waals surface area contributed by atoms with Gasteiger partial charge < -0.3 is 15.8 Å². The van der Waals surface area contributed by atoms with Crippen LogP contribution in [0.1, 0.15) is 37.1 Å². The highest BCUT2D eigenvalue weighted by atomic mass is 16.4. The summed E-state index contributed by atoms with van der Waals surface area (Å²) in [5, 5.41) is 12.0. The first-order valence-corrected chi connectivity index (χ1v) is 6.11. The average Bonchev–Trinajstić information content (AvgIpc) is 2.35. The van der Waals surface area contributed by atoms with Crippen molar-refractivity contribution in [2.45, 2.75) is 40.2 Å². The molecule has 0 bridgehead atoms. The van der Waals surface area contributed by atoms with E-state index < -0.39 is 0 Å². The maximum atomic E-state index is 8.90. The van der Waals surface area contributed by atoms with Gasteiger partial charge in [0.25, 0.3) is 0 Å². The number of hydrogen-bond acceptors (Lipinski definition) is 4. The number of oxime groups is 1. The normalized spacial score (nSPS) is 13.5. The molecule has 5 heteroatoms. The minimum Gasteiger partial charge on any atom is -0.409 e. The topological polar surface area (TPSA) is 74.7 Å². The lowest BCUT2D eigenvalue weighted by molar-refractivity contribution is 0.318. The molecule has 0 fully saturated rings. The zero-order valence-corrected chi connectivity index (χ0v) is 11.7. The predicted molar refractivity (Wildman–Crippen MR) is 74.4 cm³/mol. The largest absolute Gasteiger partial charge is 0.409 e. The second-order valence-electron chi connectivity index (χ2n) is 4.63. The molecule has 0 aliphatic rings. The summed E-state index contributed by atoms with van der Waals surface area (Å²) in [5.41, 5.74) is 8.34. The van der Waals surface area contributed by atoms with Crippen molar-refractivity contribution in [3.63, 3.8) is 0 Å². The smallest absolute Gasteiger partial charge is 0.174 e. The lowest BCUT2D eigenvalue weighted by Crippen LogP contribution is -2.32. The molecule has 1 rings (SSSR count). The Morgan fingerprint density at radius 1 is 1.56 bits per heavy atom. The number of pyridine rings is 1. The van der Waals surface area contributed by atoms with Crippen molar-refractivity contribution >= 4 is 11.7 Å². The maximum Gasteiger partial charge on any atom is 0.174 e. The minimum atomic E-state index is 0.102. The number of hydrogen-bond donors (Lipinski definition) is 2. The van der Waals surface area contributed by atoms with Crippen molar-refractivity contribution < 1.29 is 5.21 Å². The first-order chi connectivity index (χ1) is 8.42. The molecule has 0 aliphatic carbocycles. The third-order valence-corrected chi connectivity index (χ3v) is 3.28. The Morgan fingerprint density at radius 3 is 2.67 bits per heavy atom. The Balaban J connectivity index is 3.41. The lowest BCUT2D eigenvalue weighted by atomic mass is 10.1. The van der Waals surface area contributed by atoms with E-state index in [4.69, 9.17) is 10.9 Å². The van der Waals surface area contributed by atoms with E-state index in [1.54, 1.807) is 0 Å². The maximum absolute atomic E-state index is 8.90. The summed E-state index contributed by atoms with van der Waals surface area (Å²) >= 11 is 0. The fourth-order valence-electron chi connectivity index (χ4n) is 1.92. The highest BCUT2D eigenvalue weighted by molar-refractivity contribution is 6.02. The second kappa shape index (κ2) is 5.71. The van der Waals surface area contributed by atoms with Crippen molar-refractivity contribution in [3.05, 3.63) is 22.9 Å². The van der Waals surface area contributed by atoms with Crippen LogP contribution >= 0.6 is 0 Å². The van der Waals surface area contributed by atoms with Gasteiger partial charge in [0.2, 0.25) is 0 Å². The minimum absolute atomic E-state index is 0.102. The third-order valence-electron chi connectivity index (χ3n) is 3.28. The van der Waals surface area contributed by atoms with Gasteiger partial charge in [-0.25, -0.2) is 4.98 Å². The highest BCUT2D eigenvalue weighted by Crippen LogP contribution is 2.23. The Labute approximate surface area is 108 Å². The molecule has 0 aromatic carbocycles. The zero-order valence-electron chi connectivity index (χ0n) is 11.7. The van der Waals surface area contributed by atoms with Crippen molar-refractivity contribution in [2.75, 3.05) is 11.9 Å². The van der Waals surface area contributed by atoms with Gasteiger partial charge in [-0.2, -0.15) is 0 Å². The number of rotatable bonds is 4. The van der Waals surface area contributed by atoms with E-state index in [0.717, 1.165) is 23.5 Å². The molecule has 0 radical (unpaired) electrons. The fourth-order valence-corrected chi connectivity index (χ4v) is 1.92. The molecule has 18 heavy (non-hydrogen) atoms. The van der Waals surface area contributed by atoms with Crippen LogP contribution in [0.25, 0.3) is 0 Å². The molecule has 1 unspecified atom stereocenters. The summed E-state index contributed by atoms with van der Waals surface area (Å²) < 4.78 is 0. The summed E-state index contributed by atoms with van der Waals surface area (Å²) in [6.07, 6.45) is 1.00. The van der Waals surface area contributed by atoms with Crippen molar-refractivity contribution in [3.8, 4) is 0 Å². The van der Waals surface area contributed by atoms with Crippen molar-refractivity contribution in [2.24, 2.45) is 10.9 Å². The van der Waals surface area contributed by atoms with Gasteiger partial charge in [-0.15, -0.1) is 0 Å². The first kappa shape index (κ1) is 14.3. The van der Waals surface area contributed by atoms with Gasteiger partial charge in [0.1, 0.15) is 5.82 Å². The molecule has 0 spiro atoms. The van der Waals surface area contributed by atoms with Crippen LogP contribution in [0.3, 0.4) is 0 Å². The van der Waals surface area contributed by atoms with E-state index in [-0.39, 0.29) is 5.84 Å². The summed E-state index contributed by atoms with van der Waals surface area (Å²) in [4.78, 5) is 6.59. The average molecular weight is 250 g/mol. The molecule has 1 heterocycles. The second-order valence-corrected chi connectivity index (χ2v) is 4.63. The Morgan fingerprint density at radius 2 is 2.17 bits per heavy atom. The zero-order chi connectivity index (χ0) is 13.9. The van der Waals surface area contributed by atoms with Gasteiger partial charge in [0.05, 0.1) is 5.56 Å². The van der Waals surface area contributed by atoms with Gasteiger partial charge in [-0.3, -0.25) is 0 Å². The molecule has 0 aliphatic heterocycles. The van der Waals surface area contributed by atoms with Gasteiger partial charge in [-0.1, -0.05) is 12.1 Å². The molecule has 1 aromatic rings. The monoisotopic (exact) mass is 250 g/mol. The van der Waals surface area contributed by atoms with Gasteiger partial charge in [0, 0.05) is 18.8 Å².